The first-order chi connectivity index (χ1) is 17.9. The summed E-state index contributed by atoms with van der Waals surface area (Å²) in [6.45, 7) is 3.98. The van der Waals surface area contributed by atoms with Gasteiger partial charge >= 0.3 is 6.09 Å². The number of ether oxygens (including phenoxy) is 1. The van der Waals surface area contributed by atoms with Gasteiger partial charge in [0.2, 0.25) is 0 Å². The zero-order valence-electron chi connectivity index (χ0n) is 20.3. The van der Waals surface area contributed by atoms with E-state index >= 15 is 0 Å². The standard InChI is InChI=1S/C25H27F2N5O3S2/c1-15(2-6-21-28-11-18(12-29-21)36-24(26)27)3-7-22-30-19-5-4-16(10-20(19)37-22)23(33)31-8-9-32-17(13-31)14-35-25(32)34/h4-5,10-12,15,17,24H,2-3,6-9,13-14H2,1H3/t15-,17?/m0/s1. The molecular weight excluding hydrogens is 520 g/mol. The molecule has 4 heterocycles. The molecule has 2 aliphatic heterocycles. The molecule has 2 atom stereocenters. The van der Waals surface area contributed by atoms with Crippen LogP contribution in [0.15, 0.2) is 35.5 Å². The summed E-state index contributed by atoms with van der Waals surface area (Å²) in [5, 5.41) is 1.03. The lowest BCUT2D eigenvalue weighted by atomic mass is 10.00. The van der Waals surface area contributed by atoms with E-state index in [-0.39, 0.29) is 18.0 Å². The van der Waals surface area contributed by atoms with E-state index in [0.717, 1.165) is 34.5 Å². The third-order valence-electron chi connectivity index (χ3n) is 6.70. The van der Waals surface area contributed by atoms with Crippen LogP contribution >= 0.6 is 23.1 Å². The van der Waals surface area contributed by atoms with Gasteiger partial charge in [0.15, 0.2) is 0 Å². The SMILES string of the molecule is C[C@@H](CCc1ncc(SC(F)F)cn1)CCc1nc2ccc(C(=O)N3CCN4C(=O)OCC4C3)cc2s1. The second-order valence-corrected chi connectivity index (χ2v) is 11.5. The summed E-state index contributed by atoms with van der Waals surface area (Å²) in [4.78, 5) is 41.8. The summed E-state index contributed by atoms with van der Waals surface area (Å²) in [6.07, 6.45) is 6.00. The molecule has 2 aliphatic rings. The molecule has 0 N–H and O–H groups in total. The number of nitrogens with zero attached hydrogens (tertiary/aromatic N) is 5. The maximum atomic E-state index is 13.1. The number of hydrogen-bond donors (Lipinski definition) is 0. The van der Waals surface area contributed by atoms with Gasteiger partial charge in [0.25, 0.3) is 11.7 Å². The van der Waals surface area contributed by atoms with Crippen LogP contribution in [0, 0.1) is 5.92 Å². The number of benzene rings is 1. The van der Waals surface area contributed by atoms with Gasteiger partial charge in [-0.1, -0.05) is 18.7 Å². The summed E-state index contributed by atoms with van der Waals surface area (Å²) >= 11 is 2.06. The van der Waals surface area contributed by atoms with Crippen molar-refractivity contribution in [2.75, 3.05) is 26.2 Å². The Morgan fingerprint density at radius 3 is 2.78 bits per heavy atom. The fourth-order valence-corrected chi connectivity index (χ4v) is 6.05. The summed E-state index contributed by atoms with van der Waals surface area (Å²) in [5.74, 6) is -1.42. The fraction of sp³-hybridized carbons (Fsp3) is 0.480. The average molecular weight is 548 g/mol. The molecule has 2 amide bonds. The summed E-state index contributed by atoms with van der Waals surface area (Å²) in [5.41, 5.74) is 1.52. The number of aromatic nitrogens is 3. The van der Waals surface area contributed by atoms with Gasteiger partial charge in [-0.25, -0.2) is 19.7 Å². The summed E-state index contributed by atoms with van der Waals surface area (Å²) in [7, 11) is 0. The zero-order valence-corrected chi connectivity index (χ0v) is 21.9. The van der Waals surface area contributed by atoms with Crippen molar-refractivity contribution in [3.63, 3.8) is 0 Å². The van der Waals surface area contributed by atoms with Gasteiger partial charge in [-0.05, 0) is 43.4 Å². The van der Waals surface area contributed by atoms with Crippen molar-refractivity contribution < 1.29 is 23.1 Å². The van der Waals surface area contributed by atoms with Crippen LogP contribution in [0.5, 0.6) is 0 Å². The third-order valence-corrected chi connectivity index (χ3v) is 8.44. The number of carbonyl (C=O) groups excluding carboxylic acids is 2. The van der Waals surface area contributed by atoms with Gasteiger partial charge in [-0.2, -0.15) is 8.78 Å². The molecule has 2 fully saturated rings. The first-order valence-electron chi connectivity index (χ1n) is 12.2. The van der Waals surface area contributed by atoms with E-state index in [2.05, 4.69) is 16.9 Å². The number of aryl methyl sites for hydroxylation is 2. The first-order valence-corrected chi connectivity index (χ1v) is 13.9. The number of fused-ring (bicyclic) bond motifs is 2. The second kappa shape index (κ2) is 11.3. The van der Waals surface area contributed by atoms with Crippen molar-refractivity contribution in [3.8, 4) is 0 Å². The lowest BCUT2D eigenvalue weighted by Crippen LogP contribution is -2.53. The van der Waals surface area contributed by atoms with Crippen molar-refractivity contribution in [2.45, 2.75) is 49.3 Å². The van der Waals surface area contributed by atoms with Crippen LogP contribution < -0.4 is 0 Å². The molecule has 37 heavy (non-hydrogen) atoms. The third kappa shape index (κ3) is 6.18. The van der Waals surface area contributed by atoms with Crippen LogP contribution in [-0.2, 0) is 17.6 Å². The number of carbonyl (C=O) groups is 2. The number of thioether (sulfide) groups is 1. The molecule has 1 aromatic carbocycles. The highest BCUT2D eigenvalue weighted by Crippen LogP contribution is 2.27. The molecule has 196 valence electrons. The number of cyclic esters (lactones) is 1. The van der Waals surface area contributed by atoms with E-state index in [1.165, 1.54) is 12.4 Å². The molecule has 5 rings (SSSR count). The molecule has 0 aliphatic carbocycles. The number of amides is 2. The number of rotatable bonds is 9. The highest BCUT2D eigenvalue weighted by Gasteiger charge is 2.38. The van der Waals surface area contributed by atoms with Gasteiger partial charge in [0.1, 0.15) is 12.4 Å². The van der Waals surface area contributed by atoms with E-state index in [1.807, 2.05) is 18.2 Å². The molecule has 0 bridgehead atoms. The quantitative estimate of drug-likeness (QED) is 0.353. The molecule has 0 radical (unpaired) electrons. The minimum Gasteiger partial charge on any atom is -0.447 e. The van der Waals surface area contributed by atoms with E-state index in [1.54, 1.807) is 21.1 Å². The van der Waals surface area contributed by atoms with Crippen LogP contribution in [0.2, 0.25) is 0 Å². The molecule has 8 nitrogen and oxygen atoms in total. The van der Waals surface area contributed by atoms with E-state index in [9.17, 15) is 18.4 Å². The van der Waals surface area contributed by atoms with Crippen LogP contribution in [0.4, 0.5) is 13.6 Å². The first kappa shape index (κ1) is 25.8. The summed E-state index contributed by atoms with van der Waals surface area (Å²) in [6, 6.07) is 5.57. The van der Waals surface area contributed by atoms with Crippen LogP contribution in [-0.4, -0.2) is 74.8 Å². The summed E-state index contributed by atoms with van der Waals surface area (Å²) < 4.78 is 30.9. The van der Waals surface area contributed by atoms with Gasteiger partial charge in [-0.3, -0.25) is 9.69 Å². The second-order valence-electron chi connectivity index (χ2n) is 9.36. The van der Waals surface area contributed by atoms with Gasteiger partial charge in [-0.15, -0.1) is 11.3 Å². The molecule has 2 aromatic heterocycles. The van der Waals surface area contributed by atoms with E-state index in [4.69, 9.17) is 9.72 Å². The van der Waals surface area contributed by atoms with Crippen LogP contribution in [0.1, 0.15) is 41.0 Å². The molecule has 0 saturated carbocycles. The number of halogens is 2. The molecule has 3 aromatic rings. The molecule has 2 saturated heterocycles. The van der Waals surface area contributed by atoms with Crippen molar-refractivity contribution in [1.82, 2.24) is 24.8 Å². The Kier molecular flexibility index (Phi) is 7.84. The predicted molar refractivity (Wildman–Crippen MR) is 137 cm³/mol. The maximum Gasteiger partial charge on any atom is 0.410 e. The molecule has 12 heteroatoms. The monoisotopic (exact) mass is 547 g/mol. The Morgan fingerprint density at radius 1 is 1.22 bits per heavy atom. The van der Waals surface area contributed by atoms with Crippen molar-refractivity contribution >= 4 is 45.3 Å². The number of piperazine rings is 1. The maximum absolute atomic E-state index is 13.1. The Morgan fingerprint density at radius 2 is 2.00 bits per heavy atom. The van der Waals surface area contributed by atoms with Crippen molar-refractivity contribution in [2.24, 2.45) is 5.92 Å². The largest absolute Gasteiger partial charge is 0.447 e. The topological polar surface area (TPSA) is 88.5 Å². The number of thiazole rings is 1. The lowest BCUT2D eigenvalue weighted by Gasteiger charge is -2.35. The van der Waals surface area contributed by atoms with Gasteiger partial charge in [0.05, 0.1) is 21.3 Å². The molecule has 1 unspecified atom stereocenters. The highest BCUT2D eigenvalue weighted by atomic mass is 32.2. The zero-order chi connectivity index (χ0) is 25.9. The average Bonchev–Trinajstić information content (AvgIpc) is 3.48. The van der Waals surface area contributed by atoms with Crippen LogP contribution in [0.3, 0.4) is 0 Å². The predicted octanol–water partition coefficient (Wildman–Crippen LogP) is 4.88. The molecule has 0 spiro atoms. The number of hydrogen-bond acceptors (Lipinski definition) is 8. The van der Waals surface area contributed by atoms with Gasteiger partial charge in [0, 0.05) is 48.9 Å². The Labute approximate surface area is 221 Å². The van der Waals surface area contributed by atoms with Crippen molar-refractivity contribution in [1.29, 1.82) is 0 Å². The Balaban J connectivity index is 1.13. The van der Waals surface area contributed by atoms with E-state index < -0.39 is 5.76 Å². The Hall–Kier alpha value is -2.86. The van der Waals surface area contributed by atoms with Crippen LogP contribution in [0.25, 0.3) is 10.2 Å². The Bertz CT molecular complexity index is 1270. The van der Waals surface area contributed by atoms with Gasteiger partial charge < -0.3 is 9.64 Å². The lowest BCUT2D eigenvalue weighted by molar-refractivity contribution is 0.0617. The minimum atomic E-state index is -2.47. The van der Waals surface area contributed by atoms with Crippen molar-refractivity contribution in [3.05, 3.63) is 47.0 Å². The minimum absolute atomic E-state index is 0.0347. The smallest absolute Gasteiger partial charge is 0.410 e. The molecular formula is C25H27F2N5O3S2. The number of alkyl halides is 2. The van der Waals surface area contributed by atoms with E-state index in [0.29, 0.717) is 66.6 Å². The fourth-order valence-electron chi connectivity index (χ4n) is 4.59. The normalized spacial score (nSPS) is 18.4. The highest BCUT2D eigenvalue weighted by molar-refractivity contribution is 7.99.